The highest BCUT2D eigenvalue weighted by molar-refractivity contribution is 6.31. The summed E-state index contributed by atoms with van der Waals surface area (Å²) in [7, 11) is 6.42. The maximum atomic E-state index is 12.2. The molecule has 0 bridgehead atoms. The molecule has 3 nitrogen and oxygen atoms in total. The first-order valence-electron chi connectivity index (χ1n) is 7.58. The standard InChI is InChI=1S/C17H25ClN2O/c1-19(2)17(9-5-10-17)13-20(3)11-8-16(21)14-6-4-7-15(18)12-14/h4,6-7,12H,5,8-11,13H2,1-3H3. The van der Waals surface area contributed by atoms with E-state index in [4.69, 9.17) is 11.6 Å². The summed E-state index contributed by atoms with van der Waals surface area (Å²) < 4.78 is 0. The van der Waals surface area contributed by atoms with Crippen LogP contribution in [0.5, 0.6) is 0 Å². The van der Waals surface area contributed by atoms with Crippen LogP contribution in [0.15, 0.2) is 24.3 Å². The van der Waals surface area contributed by atoms with Crippen molar-refractivity contribution in [3.63, 3.8) is 0 Å². The van der Waals surface area contributed by atoms with Gasteiger partial charge in [0.25, 0.3) is 0 Å². The van der Waals surface area contributed by atoms with Gasteiger partial charge in [-0.05, 0) is 52.5 Å². The Kier molecular flexibility index (Phi) is 5.42. The quantitative estimate of drug-likeness (QED) is 0.722. The van der Waals surface area contributed by atoms with Crippen LogP contribution >= 0.6 is 11.6 Å². The van der Waals surface area contributed by atoms with Crippen molar-refractivity contribution >= 4 is 17.4 Å². The summed E-state index contributed by atoms with van der Waals surface area (Å²) in [5, 5.41) is 0.621. The molecule has 21 heavy (non-hydrogen) atoms. The number of likely N-dealkylation sites (N-methyl/N-ethyl adjacent to an activating group) is 2. The third-order valence-electron chi connectivity index (χ3n) is 4.66. The second kappa shape index (κ2) is 6.91. The van der Waals surface area contributed by atoms with Crippen LogP contribution in [0.25, 0.3) is 0 Å². The monoisotopic (exact) mass is 308 g/mol. The number of ketones is 1. The molecule has 0 amide bonds. The molecule has 1 saturated carbocycles. The van der Waals surface area contributed by atoms with E-state index in [9.17, 15) is 4.79 Å². The number of benzene rings is 1. The molecule has 1 aromatic rings. The molecule has 1 aromatic carbocycles. The van der Waals surface area contributed by atoms with Gasteiger partial charge < -0.3 is 9.80 Å². The number of Topliss-reactive ketones (excluding diaryl/α,β-unsaturated/α-hetero) is 1. The van der Waals surface area contributed by atoms with Gasteiger partial charge in [0.1, 0.15) is 0 Å². The molecule has 116 valence electrons. The highest BCUT2D eigenvalue weighted by Gasteiger charge is 2.39. The topological polar surface area (TPSA) is 23.6 Å². The molecule has 0 atom stereocenters. The highest BCUT2D eigenvalue weighted by atomic mass is 35.5. The fraction of sp³-hybridized carbons (Fsp3) is 0.588. The number of halogens is 1. The van der Waals surface area contributed by atoms with Crippen LogP contribution in [-0.4, -0.2) is 55.4 Å². The first kappa shape index (κ1) is 16.5. The Morgan fingerprint density at radius 2 is 2.00 bits per heavy atom. The van der Waals surface area contributed by atoms with Gasteiger partial charge >= 0.3 is 0 Å². The molecule has 0 aliphatic heterocycles. The van der Waals surface area contributed by atoms with Crippen LogP contribution in [0.1, 0.15) is 36.0 Å². The number of carbonyl (C=O) groups excluding carboxylic acids is 1. The Hall–Kier alpha value is -0.900. The molecular weight excluding hydrogens is 284 g/mol. The minimum atomic E-state index is 0.164. The second-order valence-electron chi connectivity index (χ2n) is 6.39. The Balaban J connectivity index is 1.84. The van der Waals surface area contributed by atoms with Crippen molar-refractivity contribution < 1.29 is 4.79 Å². The van der Waals surface area contributed by atoms with Gasteiger partial charge in [0.05, 0.1) is 0 Å². The van der Waals surface area contributed by atoms with Crippen LogP contribution in [0.4, 0.5) is 0 Å². The van der Waals surface area contributed by atoms with E-state index in [-0.39, 0.29) is 5.78 Å². The van der Waals surface area contributed by atoms with E-state index in [1.54, 1.807) is 12.1 Å². The second-order valence-corrected chi connectivity index (χ2v) is 6.83. The number of carbonyl (C=O) groups is 1. The van der Waals surface area contributed by atoms with Gasteiger partial charge in [-0.2, -0.15) is 0 Å². The van der Waals surface area contributed by atoms with E-state index in [2.05, 4.69) is 30.9 Å². The van der Waals surface area contributed by atoms with Gasteiger partial charge in [0, 0.05) is 35.6 Å². The average molecular weight is 309 g/mol. The Morgan fingerprint density at radius 3 is 2.52 bits per heavy atom. The summed E-state index contributed by atoms with van der Waals surface area (Å²) in [5.74, 6) is 0.164. The van der Waals surface area contributed by atoms with Crippen LogP contribution in [0.2, 0.25) is 5.02 Å². The van der Waals surface area contributed by atoms with Crippen LogP contribution in [0, 0.1) is 0 Å². The van der Waals surface area contributed by atoms with Crippen molar-refractivity contribution in [2.75, 3.05) is 34.2 Å². The maximum absolute atomic E-state index is 12.2. The van der Waals surface area contributed by atoms with Crippen LogP contribution in [0.3, 0.4) is 0 Å². The van der Waals surface area contributed by atoms with Gasteiger partial charge in [0.15, 0.2) is 5.78 Å². The fourth-order valence-electron chi connectivity index (χ4n) is 3.01. The molecule has 0 saturated heterocycles. The summed E-state index contributed by atoms with van der Waals surface area (Å²) in [6, 6.07) is 7.20. The Bertz CT molecular complexity index is 497. The summed E-state index contributed by atoms with van der Waals surface area (Å²) in [5.41, 5.74) is 1.02. The lowest BCUT2D eigenvalue weighted by Crippen LogP contribution is -2.56. The van der Waals surface area contributed by atoms with Gasteiger partial charge in [0.2, 0.25) is 0 Å². The molecule has 0 spiro atoms. The molecule has 1 aliphatic carbocycles. The molecule has 0 aromatic heterocycles. The van der Waals surface area contributed by atoms with E-state index in [0.29, 0.717) is 22.5 Å². The summed E-state index contributed by atoms with van der Waals surface area (Å²) in [4.78, 5) is 16.8. The fourth-order valence-corrected chi connectivity index (χ4v) is 3.20. The molecule has 1 aliphatic rings. The van der Waals surface area contributed by atoms with E-state index in [0.717, 1.165) is 13.1 Å². The minimum absolute atomic E-state index is 0.164. The molecule has 0 heterocycles. The van der Waals surface area contributed by atoms with Gasteiger partial charge in [-0.25, -0.2) is 0 Å². The molecule has 0 unspecified atom stereocenters. The van der Waals surface area contributed by atoms with Crippen LogP contribution in [-0.2, 0) is 0 Å². The normalized spacial score (nSPS) is 17.0. The third kappa shape index (κ3) is 4.06. The zero-order chi connectivity index (χ0) is 15.5. The van der Waals surface area contributed by atoms with Gasteiger partial charge in [-0.15, -0.1) is 0 Å². The predicted octanol–water partition coefficient (Wildman–Crippen LogP) is 3.33. The van der Waals surface area contributed by atoms with Crippen molar-refractivity contribution in [1.82, 2.24) is 9.80 Å². The lowest BCUT2D eigenvalue weighted by Gasteiger charge is -2.49. The Morgan fingerprint density at radius 1 is 1.29 bits per heavy atom. The summed E-state index contributed by atoms with van der Waals surface area (Å²) in [6.45, 7) is 1.82. The summed E-state index contributed by atoms with van der Waals surface area (Å²) >= 11 is 5.93. The van der Waals surface area contributed by atoms with E-state index in [1.807, 2.05) is 12.1 Å². The third-order valence-corrected chi connectivity index (χ3v) is 4.90. The zero-order valence-corrected chi connectivity index (χ0v) is 14.0. The highest BCUT2D eigenvalue weighted by Crippen LogP contribution is 2.36. The number of hydrogen-bond donors (Lipinski definition) is 0. The first-order chi connectivity index (χ1) is 9.93. The summed E-state index contributed by atoms with van der Waals surface area (Å²) in [6.07, 6.45) is 4.37. The van der Waals surface area contributed by atoms with Crippen molar-refractivity contribution in [2.24, 2.45) is 0 Å². The van der Waals surface area contributed by atoms with Crippen molar-refractivity contribution in [3.8, 4) is 0 Å². The largest absolute Gasteiger partial charge is 0.304 e. The lowest BCUT2D eigenvalue weighted by atomic mass is 9.75. The minimum Gasteiger partial charge on any atom is -0.304 e. The van der Waals surface area contributed by atoms with Gasteiger partial charge in [-0.1, -0.05) is 23.7 Å². The smallest absolute Gasteiger partial charge is 0.164 e. The molecule has 0 radical (unpaired) electrons. The molecular formula is C17H25ClN2O. The zero-order valence-electron chi connectivity index (χ0n) is 13.2. The van der Waals surface area contributed by atoms with Gasteiger partial charge in [-0.3, -0.25) is 4.79 Å². The molecule has 1 fully saturated rings. The van der Waals surface area contributed by atoms with Crippen molar-refractivity contribution in [2.45, 2.75) is 31.2 Å². The van der Waals surface area contributed by atoms with Crippen LogP contribution < -0.4 is 0 Å². The number of nitrogens with zero attached hydrogens (tertiary/aromatic N) is 2. The molecule has 2 rings (SSSR count). The lowest BCUT2D eigenvalue weighted by molar-refractivity contribution is 0.0276. The Labute approximate surface area is 132 Å². The van der Waals surface area contributed by atoms with E-state index >= 15 is 0 Å². The predicted molar refractivity (Wildman–Crippen MR) is 88.2 cm³/mol. The van der Waals surface area contributed by atoms with Crippen molar-refractivity contribution in [1.29, 1.82) is 0 Å². The average Bonchev–Trinajstić information content (AvgIpc) is 2.39. The number of rotatable bonds is 7. The molecule has 0 N–H and O–H groups in total. The maximum Gasteiger partial charge on any atom is 0.164 e. The SMILES string of the molecule is CN(CCC(=O)c1cccc(Cl)c1)CC1(N(C)C)CCC1. The first-order valence-corrected chi connectivity index (χ1v) is 7.95. The van der Waals surface area contributed by atoms with E-state index < -0.39 is 0 Å². The van der Waals surface area contributed by atoms with Crippen molar-refractivity contribution in [3.05, 3.63) is 34.9 Å². The number of hydrogen-bond acceptors (Lipinski definition) is 3. The van der Waals surface area contributed by atoms with E-state index in [1.165, 1.54) is 19.3 Å². The molecule has 4 heteroatoms.